The first-order chi connectivity index (χ1) is 13.0. The van der Waals surface area contributed by atoms with Crippen LogP contribution in [0.2, 0.25) is 0 Å². The summed E-state index contributed by atoms with van der Waals surface area (Å²) in [6.07, 6.45) is 4.24. The van der Waals surface area contributed by atoms with Crippen molar-refractivity contribution in [1.82, 2.24) is 14.8 Å². The maximum absolute atomic E-state index is 12.7. The molecule has 2 rings (SSSR count). The number of unbranched alkanes of at least 4 members (excludes halogenated alkanes) is 1. The highest BCUT2D eigenvalue weighted by Gasteiger charge is 2.15. The maximum atomic E-state index is 12.7. The summed E-state index contributed by atoms with van der Waals surface area (Å²) in [4.78, 5) is 14.7. The first-order valence-electron chi connectivity index (χ1n) is 10.2. The molecule has 0 bridgehead atoms. The topological polar surface area (TPSA) is 37.3 Å². The van der Waals surface area contributed by atoms with Gasteiger partial charge < -0.3 is 14.8 Å². The molecule has 1 aromatic carbocycles. The highest BCUT2D eigenvalue weighted by molar-refractivity contribution is 5.78. The zero-order chi connectivity index (χ0) is 19.6. The monoisotopic (exact) mass is 369 g/mol. The Morgan fingerprint density at radius 2 is 2.04 bits per heavy atom. The average molecular weight is 370 g/mol. The number of hydrogen-bond acceptors (Lipinski definition) is 2. The molecule has 27 heavy (non-hydrogen) atoms. The molecule has 1 N–H and O–H groups in total. The lowest BCUT2D eigenvalue weighted by atomic mass is 10.1. The van der Waals surface area contributed by atoms with Gasteiger partial charge in [-0.2, -0.15) is 0 Å². The van der Waals surface area contributed by atoms with Crippen LogP contribution < -0.4 is 5.32 Å². The van der Waals surface area contributed by atoms with Crippen LogP contribution in [0.1, 0.15) is 50.4 Å². The third-order valence-electron chi connectivity index (χ3n) is 4.67. The first kappa shape index (κ1) is 21.2. The Labute approximate surface area is 164 Å². The van der Waals surface area contributed by atoms with Gasteiger partial charge in [-0.25, -0.2) is 0 Å². The molecule has 2 aromatic rings. The lowest BCUT2D eigenvalue weighted by Crippen LogP contribution is -2.39. The molecular formula is C23H35N3O. The Hall–Kier alpha value is -2.07. The minimum atomic E-state index is 0.187. The fourth-order valence-corrected chi connectivity index (χ4v) is 3.17. The third kappa shape index (κ3) is 7.22. The smallest absolute Gasteiger partial charge is 0.236 e. The number of rotatable bonds is 11. The van der Waals surface area contributed by atoms with Crippen LogP contribution >= 0.6 is 0 Å². The van der Waals surface area contributed by atoms with E-state index in [1.807, 2.05) is 4.90 Å². The molecule has 1 aromatic heterocycles. The first-order valence-corrected chi connectivity index (χ1v) is 10.2. The van der Waals surface area contributed by atoms with E-state index >= 15 is 0 Å². The molecule has 1 heterocycles. The van der Waals surface area contributed by atoms with Crippen molar-refractivity contribution >= 4 is 5.91 Å². The van der Waals surface area contributed by atoms with Gasteiger partial charge in [0.2, 0.25) is 5.91 Å². The highest BCUT2D eigenvalue weighted by Crippen LogP contribution is 2.12. The van der Waals surface area contributed by atoms with Crippen LogP contribution in [0.15, 0.2) is 42.6 Å². The molecule has 0 fully saturated rings. The summed E-state index contributed by atoms with van der Waals surface area (Å²) >= 11 is 0. The van der Waals surface area contributed by atoms with Crippen LogP contribution in [0, 0.1) is 12.8 Å². The second-order valence-corrected chi connectivity index (χ2v) is 7.81. The average Bonchev–Trinajstić information content (AvgIpc) is 3.04. The summed E-state index contributed by atoms with van der Waals surface area (Å²) in [6.45, 7) is 12.2. The summed E-state index contributed by atoms with van der Waals surface area (Å²) in [6, 6.07) is 12.8. The molecule has 0 aliphatic carbocycles. The lowest BCUT2D eigenvalue weighted by molar-refractivity contribution is -0.131. The zero-order valence-corrected chi connectivity index (χ0v) is 17.4. The van der Waals surface area contributed by atoms with E-state index in [-0.39, 0.29) is 5.91 Å². The van der Waals surface area contributed by atoms with Gasteiger partial charge in [0.05, 0.1) is 13.1 Å². The standard InChI is InChI=1S/C23H35N3O/c1-5-6-12-26(23(27)16-24-15-19(2)3)18-22-11-8-13-25(22)17-21-10-7-9-20(4)14-21/h7-11,13-14,19,24H,5-6,12,15-18H2,1-4H3. The van der Waals surface area contributed by atoms with Crippen molar-refractivity contribution in [3.8, 4) is 0 Å². The van der Waals surface area contributed by atoms with Gasteiger partial charge in [-0.3, -0.25) is 4.79 Å². The number of aryl methyl sites for hydroxylation is 1. The Balaban J connectivity index is 2.04. The quantitative estimate of drug-likeness (QED) is 0.644. The molecule has 1 amide bonds. The number of aromatic nitrogens is 1. The number of carbonyl (C=O) groups is 1. The fourth-order valence-electron chi connectivity index (χ4n) is 3.17. The van der Waals surface area contributed by atoms with Crippen molar-refractivity contribution in [2.75, 3.05) is 19.6 Å². The Kier molecular flexibility index (Phi) is 8.59. The van der Waals surface area contributed by atoms with E-state index < -0.39 is 0 Å². The van der Waals surface area contributed by atoms with E-state index in [0.717, 1.165) is 32.5 Å². The minimum Gasteiger partial charge on any atom is -0.345 e. The minimum absolute atomic E-state index is 0.187. The molecule has 0 saturated carbocycles. The number of carbonyl (C=O) groups excluding carboxylic acids is 1. The van der Waals surface area contributed by atoms with Crippen molar-refractivity contribution in [2.45, 2.75) is 53.6 Å². The molecule has 0 spiro atoms. The number of nitrogens with zero attached hydrogens (tertiary/aromatic N) is 2. The van der Waals surface area contributed by atoms with Crippen LogP contribution in [0.5, 0.6) is 0 Å². The molecule has 4 nitrogen and oxygen atoms in total. The normalized spacial score (nSPS) is 11.1. The molecule has 0 unspecified atom stereocenters. The molecule has 0 saturated heterocycles. The number of hydrogen-bond donors (Lipinski definition) is 1. The fraction of sp³-hybridized carbons (Fsp3) is 0.522. The zero-order valence-electron chi connectivity index (χ0n) is 17.4. The summed E-state index contributed by atoms with van der Waals surface area (Å²) in [7, 11) is 0. The van der Waals surface area contributed by atoms with Crippen molar-refractivity contribution in [3.63, 3.8) is 0 Å². The van der Waals surface area contributed by atoms with Crippen molar-refractivity contribution < 1.29 is 4.79 Å². The lowest BCUT2D eigenvalue weighted by Gasteiger charge is -2.24. The molecule has 4 heteroatoms. The van der Waals surface area contributed by atoms with Gasteiger partial charge in [0, 0.05) is 25.0 Å². The highest BCUT2D eigenvalue weighted by atomic mass is 16.2. The summed E-state index contributed by atoms with van der Waals surface area (Å²) in [5.74, 6) is 0.737. The van der Waals surface area contributed by atoms with Gasteiger partial charge in [0.15, 0.2) is 0 Å². The third-order valence-corrected chi connectivity index (χ3v) is 4.67. The van der Waals surface area contributed by atoms with Gasteiger partial charge in [0.1, 0.15) is 0 Å². The Bertz CT molecular complexity index is 705. The van der Waals surface area contributed by atoms with Crippen molar-refractivity contribution in [2.24, 2.45) is 5.92 Å². The molecule has 148 valence electrons. The molecule has 0 aliphatic rings. The van der Waals surface area contributed by atoms with Crippen LogP contribution in [0.25, 0.3) is 0 Å². The predicted molar refractivity (Wildman–Crippen MR) is 113 cm³/mol. The van der Waals surface area contributed by atoms with Crippen molar-refractivity contribution in [1.29, 1.82) is 0 Å². The second kappa shape index (κ2) is 10.9. The largest absolute Gasteiger partial charge is 0.345 e. The van der Waals surface area contributed by atoms with E-state index in [0.29, 0.717) is 19.0 Å². The van der Waals surface area contributed by atoms with Gasteiger partial charge in [-0.1, -0.05) is 57.0 Å². The maximum Gasteiger partial charge on any atom is 0.236 e. The number of amides is 1. The molecule has 0 aliphatic heterocycles. The predicted octanol–water partition coefficient (Wildman–Crippen LogP) is 4.22. The van der Waals surface area contributed by atoms with Crippen molar-refractivity contribution in [3.05, 3.63) is 59.4 Å². The van der Waals surface area contributed by atoms with Gasteiger partial charge in [-0.15, -0.1) is 0 Å². The Morgan fingerprint density at radius 1 is 1.22 bits per heavy atom. The number of benzene rings is 1. The van der Waals surface area contributed by atoms with Gasteiger partial charge in [-0.05, 0) is 43.5 Å². The SMILES string of the molecule is CCCCN(Cc1cccn1Cc1cccc(C)c1)C(=O)CNCC(C)C. The molecular weight excluding hydrogens is 334 g/mol. The van der Waals surface area contributed by atoms with Crippen LogP contribution in [0.4, 0.5) is 0 Å². The van der Waals surface area contributed by atoms with E-state index in [4.69, 9.17) is 0 Å². The van der Waals surface area contributed by atoms with E-state index in [9.17, 15) is 4.79 Å². The summed E-state index contributed by atoms with van der Waals surface area (Å²) in [5.41, 5.74) is 3.75. The van der Waals surface area contributed by atoms with Gasteiger partial charge >= 0.3 is 0 Å². The van der Waals surface area contributed by atoms with E-state index in [1.54, 1.807) is 0 Å². The van der Waals surface area contributed by atoms with E-state index in [2.05, 4.69) is 80.2 Å². The van der Waals surface area contributed by atoms with Gasteiger partial charge in [0.25, 0.3) is 0 Å². The van der Waals surface area contributed by atoms with Crippen LogP contribution in [-0.2, 0) is 17.9 Å². The molecule has 0 radical (unpaired) electrons. The number of nitrogens with one attached hydrogen (secondary N) is 1. The van der Waals surface area contributed by atoms with Crippen LogP contribution in [-0.4, -0.2) is 35.0 Å². The second-order valence-electron chi connectivity index (χ2n) is 7.81. The summed E-state index contributed by atoms with van der Waals surface area (Å²) in [5, 5.41) is 3.28. The molecule has 0 atom stereocenters. The Morgan fingerprint density at radius 3 is 2.74 bits per heavy atom. The van der Waals surface area contributed by atoms with E-state index in [1.165, 1.54) is 16.8 Å². The van der Waals surface area contributed by atoms with Crippen LogP contribution in [0.3, 0.4) is 0 Å². The summed E-state index contributed by atoms with van der Waals surface area (Å²) < 4.78 is 2.25.